The van der Waals surface area contributed by atoms with E-state index in [2.05, 4.69) is 37.7 Å². The van der Waals surface area contributed by atoms with Crippen LogP contribution in [-0.2, 0) is 7.05 Å². The maximum absolute atomic E-state index is 13.0. The maximum atomic E-state index is 13.0. The second kappa shape index (κ2) is 4.36. The second-order valence-corrected chi connectivity index (χ2v) is 6.71. The van der Waals surface area contributed by atoms with Gasteiger partial charge < -0.3 is 0 Å². The summed E-state index contributed by atoms with van der Waals surface area (Å²) in [6.07, 6.45) is 4.85. The molecule has 3 nitrogen and oxygen atoms in total. The fourth-order valence-electron chi connectivity index (χ4n) is 3.47. The average molecular weight is 282 g/mol. The lowest BCUT2D eigenvalue weighted by Gasteiger charge is -2.13. The van der Waals surface area contributed by atoms with Crippen molar-refractivity contribution in [2.45, 2.75) is 51.4 Å². The second-order valence-electron chi connectivity index (χ2n) is 6.71. The highest BCUT2D eigenvalue weighted by Gasteiger charge is 2.39. The van der Waals surface area contributed by atoms with Crippen molar-refractivity contribution in [3.05, 3.63) is 50.9 Å². The molecule has 2 aliphatic carbocycles. The smallest absolute Gasteiger partial charge is 0.275 e. The van der Waals surface area contributed by atoms with Gasteiger partial charge in [0.1, 0.15) is 0 Å². The van der Waals surface area contributed by atoms with Gasteiger partial charge in [0.2, 0.25) is 0 Å². The van der Waals surface area contributed by atoms with Crippen LogP contribution in [0.4, 0.5) is 0 Å². The minimum Gasteiger partial charge on any atom is -0.284 e. The van der Waals surface area contributed by atoms with Crippen LogP contribution in [0, 0.1) is 13.8 Å². The van der Waals surface area contributed by atoms with Crippen LogP contribution in [0.3, 0.4) is 0 Å². The molecule has 1 aromatic carbocycles. The molecule has 0 spiro atoms. The summed E-state index contributed by atoms with van der Waals surface area (Å²) in [5, 5.41) is 0. The van der Waals surface area contributed by atoms with Gasteiger partial charge in [-0.3, -0.25) is 9.48 Å². The number of hydrogen-bond donors (Lipinski definition) is 0. The quantitative estimate of drug-likeness (QED) is 0.845. The van der Waals surface area contributed by atoms with Gasteiger partial charge in [0.15, 0.2) is 0 Å². The predicted molar refractivity (Wildman–Crippen MR) is 84.4 cm³/mol. The number of nitrogens with zero attached hydrogens (tertiary/aromatic N) is 2. The molecular weight excluding hydrogens is 260 g/mol. The van der Waals surface area contributed by atoms with Crippen LogP contribution in [0.5, 0.6) is 0 Å². The van der Waals surface area contributed by atoms with Gasteiger partial charge in [-0.2, -0.15) is 0 Å². The van der Waals surface area contributed by atoms with Crippen LogP contribution in [0.15, 0.2) is 23.0 Å². The van der Waals surface area contributed by atoms with Crippen LogP contribution in [0.25, 0.3) is 5.69 Å². The zero-order chi connectivity index (χ0) is 14.7. The Morgan fingerprint density at radius 2 is 1.71 bits per heavy atom. The molecule has 0 aliphatic heterocycles. The topological polar surface area (TPSA) is 26.9 Å². The minimum atomic E-state index is 0.218. The molecule has 0 atom stereocenters. The third-order valence-electron chi connectivity index (χ3n) is 5.10. The molecule has 0 radical (unpaired) electrons. The van der Waals surface area contributed by atoms with E-state index in [1.54, 1.807) is 0 Å². The van der Waals surface area contributed by atoms with Gasteiger partial charge >= 0.3 is 0 Å². The van der Waals surface area contributed by atoms with Crippen molar-refractivity contribution in [2.75, 3.05) is 0 Å². The predicted octanol–water partition coefficient (Wildman–Crippen LogP) is 3.55. The summed E-state index contributed by atoms with van der Waals surface area (Å²) in [7, 11) is 2.06. The zero-order valence-electron chi connectivity index (χ0n) is 13.0. The summed E-state index contributed by atoms with van der Waals surface area (Å²) in [5.41, 5.74) is 6.11. The first-order chi connectivity index (χ1) is 10.1. The minimum absolute atomic E-state index is 0.218. The Morgan fingerprint density at radius 1 is 1.05 bits per heavy atom. The third-order valence-corrected chi connectivity index (χ3v) is 5.10. The van der Waals surface area contributed by atoms with Crippen LogP contribution in [0.1, 0.15) is 59.9 Å². The van der Waals surface area contributed by atoms with Gasteiger partial charge in [-0.15, -0.1) is 0 Å². The molecule has 0 N–H and O–H groups in total. The van der Waals surface area contributed by atoms with Crippen molar-refractivity contribution in [2.24, 2.45) is 7.05 Å². The molecule has 0 amide bonds. The van der Waals surface area contributed by atoms with E-state index in [0.29, 0.717) is 11.8 Å². The summed E-state index contributed by atoms with van der Waals surface area (Å²) in [6.45, 7) is 4.22. The van der Waals surface area contributed by atoms with Gasteiger partial charge in [0.05, 0.1) is 5.69 Å². The number of benzene rings is 1. The number of hydrogen-bond acceptors (Lipinski definition) is 1. The lowest BCUT2D eigenvalue weighted by atomic mass is 10.1. The Hall–Kier alpha value is -1.77. The highest BCUT2D eigenvalue weighted by Crippen LogP contribution is 2.48. The SMILES string of the molecule is Cc1cccc(-n2c(=O)c(C3CC3)c(C3CC3)n2C)c1C. The van der Waals surface area contributed by atoms with Gasteiger partial charge in [0.25, 0.3) is 5.56 Å². The fourth-order valence-corrected chi connectivity index (χ4v) is 3.47. The first-order valence-corrected chi connectivity index (χ1v) is 7.98. The molecule has 1 heterocycles. The van der Waals surface area contributed by atoms with Crippen molar-refractivity contribution in [1.29, 1.82) is 0 Å². The van der Waals surface area contributed by atoms with Gasteiger partial charge in [-0.05, 0) is 62.6 Å². The lowest BCUT2D eigenvalue weighted by Crippen LogP contribution is -2.22. The molecule has 4 rings (SSSR count). The fraction of sp³-hybridized carbons (Fsp3) is 0.500. The normalized spacial score (nSPS) is 18.2. The summed E-state index contributed by atoms with van der Waals surface area (Å²) >= 11 is 0. The van der Waals surface area contributed by atoms with Crippen LogP contribution < -0.4 is 5.56 Å². The molecule has 0 unspecified atom stereocenters. The molecule has 0 saturated heterocycles. The standard InChI is InChI=1S/C18H22N2O/c1-11-5-4-6-15(12(11)2)20-18(21)16(13-7-8-13)17(19(20)3)14-9-10-14/h4-6,13-14H,7-10H2,1-3H3. The van der Waals surface area contributed by atoms with Gasteiger partial charge in [0, 0.05) is 24.2 Å². The van der Waals surface area contributed by atoms with Crippen molar-refractivity contribution in [1.82, 2.24) is 9.36 Å². The third kappa shape index (κ3) is 1.90. The number of aryl methyl sites for hydroxylation is 1. The maximum Gasteiger partial charge on any atom is 0.275 e. The van der Waals surface area contributed by atoms with Crippen molar-refractivity contribution in [3.8, 4) is 5.69 Å². The molecule has 2 fully saturated rings. The molecule has 2 saturated carbocycles. The Labute approximate surface area is 125 Å². The Kier molecular flexibility index (Phi) is 2.69. The highest BCUT2D eigenvalue weighted by molar-refractivity contribution is 5.46. The summed E-state index contributed by atoms with van der Waals surface area (Å²) in [5.74, 6) is 1.13. The zero-order valence-corrected chi connectivity index (χ0v) is 13.0. The van der Waals surface area contributed by atoms with Crippen LogP contribution >= 0.6 is 0 Å². The molecule has 110 valence electrons. The highest BCUT2D eigenvalue weighted by atomic mass is 16.1. The first kappa shape index (κ1) is 12.9. The number of rotatable bonds is 3. The summed E-state index contributed by atoms with van der Waals surface area (Å²) < 4.78 is 4.04. The van der Waals surface area contributed by atoms with E-state index >= 15 is 0 Å². The van der Waals surface area contributed by atoms with Gasteiger partial charge in [-0.25, -0.2) is 4.68 Å². The molecule has 21 heavy (non-hydrogen) atoms. The molecule has 2 aliphatic rings. The molecule has 1 aromatic heterocycles. The molecule has 3 heteroatoms. The van der Waals surface area contributed by atoms with E-state index in [9.17, 15) is 4.79 Å². The van der Waals surface area contributed by atoms with E-state index in [0.717, 1.165) is 11.3 Å². The monoisotopic (exact) mass is 282 g/mol. The average Bonchev–Trinajstić information content (AvgIpc) is 3.34. The van der Waals surface area contributed by atoms with E-state index in [-0.39, 0.29) is 5.56 Å². The largest absolute Gasteiger partial charge is 0.284 e. The van der Waals surface area contributed by atoms with E-state index < -0.39 is 0 Å². The van der Waals surface area contributed by atoms with E-state index in [4.69, 9.17) is 0 Å². The Bertz CT molecular complexity index is 773. The van der Waals surface area contributed by atoms with E-state index in [1.165, 1.54) is 42.5 Å². The van der Waals surface area contributed by atoms with Crippen molar-refractivity contribution < 1.29 is 0 Å². The summed E-state index contributed by atoms with van der Waals surface area (Å²) in [6, 6.07) is 6.22. The van der Waals surface area contributed by atoms with Crippen LogP contribution in [0.2, 0.25) is 0 Å². The van der Waals surface area contributed by atoms with Crippen molar-refractivity contribution >= 4 is 0 Å². The molecular formula is C18H22N2O. The van der Waals surface area contributed by atoms with E-state index in [1.807, 2.05) is 10.7 Å². The summed E-state index contributed by atoms with van der Waals surface area (Å²) in [4.78, 5) is 13.0. The molecule has 2 aromatic rings. The van der Waals surface area contributed by atoms with Crippen LogP contribution in [-0.4, -0.2) is 9.36 Å². The Morgan fingerprint density at radius 3 is 2.33 bits per heavy atom. The Balaban J connectivity index is 1.99. The van der Waals surface area contributed by atoms with Gasteiger partial charge in [-0.1, -0.05) is 12.1 Å². The first-order valence-electron chi connectivity index (χ1n) is 7.98. The van der Waals surface area contributed by atoms with Crippen molar-refractivity contribution in [3.63, 3.8) is 0 Å². The lowest BCUT2D eigenvalue weighted by molar-refractivity contribution is 0.613. The molecule has 0 bridgehead atoms. The number of aromatic nitrogens is 2.